The molecule has 11 heavy (non-hydrogen) atoms. The SMILES string of the molecule is CC(C)([As])c1cccc(Br)c1. The Morgan fingerprint density at radius 3 is 2.36 bits per heavy atom. The molecule has 1 aromatic carbocycles. The van der Waals surface area contributed by atoms with Crippen molar-refractivity contribution in [2.24, 2.45) is 0 Å². The molecule has 0 nitrogen and oxygen atoms in total. The molecule has 1 rings (SSSR count). The maximum absolute atomic E-state index is 3.45. The third kappa shape index (κ3) is 2.65. The predicted octanol–water partition coefficient (Wildman–Crippen LogP) is 2.85. The number of hydrogen-bond donors (Lipinski definition) is 0. The third-order valence-corrected chi connectivity index (χ3v) is 2.57. The van der Waals surface area contributed by atoms with Crippen molar-refractivity contribution in [3.05, 3.63) is 34.3 Å². The van der Waals surface area contributed by atoms with Crippen molar-refractivity contribution in [3.8, 4) is 0 Å². The molecule has 0 amide bonds. The first-order valence-electron chi connectivity index (χ1n) is 3.48. The molecule has 0 spiro atoms. The summed E-state index contributed by atoms with van der Waals surface area (Å²) >= 11 is 6.13. The van der Waals surface area contributed by atoms with E-state index >= 15 is 0 Å². The fraction of sp³-hybridized carbons (Fsp3) is 0.333. The Bertz CT molecular complexity index is 250. The van der Waals surface area contributed by atoms with Gasteiger partial charge >= 0.3 is 85.1 Å². The molecule has 0 heterocycles. The van der Waals surface area contributed by atoms with Crippen molar-refractivity contribution in [2.75, 3.05) is 0 Å². The minimum atomic E-state index is 0.191. The van der Waals surface area contributed by atoms with Crippen LogP contribution in [0.1, 0.15) is 19.4 Å². The fourth-order valence-corrected chi connectivity index (χ4v) is 1.56. The molecule has 2 heteroatoms. The van der Waals surface area contributed by atoms with Crippen LogP contribution in [-0.2, 0) is 4.20 Å². The Labute approximate surface area is 85.0 Å². The van der Waals surface area contributed by atoms with Gasteiger partial charge in [-0.2, -0.15) is 0 Å². The Hall–Kier alpha value is 0.258. The van der Waals surface area contributed by atoms with Crippen molar-refractivity contribution in [1.82, 2.24) is 0 Å². The van der Waals surface area contributed by atoms with Crippen LogP contribution in [-0.4, -0.2) is 16.9 Å². The Morgan fingerprint density at radius 1 is 1.36 bits per heavy atom. The molecule has 0 atom stereocenters. The summed E-state index contributed by atoms with van der Waals surface area (Å²) in [6, 6.07) is 8.40. The Balaban J connectivity index is 3.06. The number of hydrogen-bond acceptors (Lipinski definition) is 0. The molecule has 0 unspecified atom stereocenters. The second-order valence-electron chi connectivity index (χ2n) is 3.07. The quantitative estimate of drug-likeness (QED) is 0.690. The van der Waals surface area contributed by atoms with E-state index in [0.29, 0.717) is 0 Å². The summed E-state index contributed by atoms with van der Waals surface area (Å²) in [6.07, 6.45) is 0. The van der Waals surface area contributed by atoms with Gasteiger partial charge in [-0.15, -0.1) is 0 Å². The Morgan fingerprint density at radius 2 is 2.00 bits per heavy atom. The zero-order valence-electron chi connectivity index (χ0n) is 6.63. The van der Waals surface area contributed by atoms with Gasteiger partial charge in [0.25, 0.3) is 0 Å². The molecule has 0 saturated carbocycles. The topological polar surface area (TPSA) is 0 Å². The van der Waals surface area contributed by atoms with Crippen molar-refractivity contribution in [2.45, 2.75) is 18.1 Å². The number of benzene rings is 1. The minimum absolute atomic E-state index is 0.191. The standard InChI is InChI=1S/C9H10AsBr/c1-9(2,10)7-4-3-5-8(11)6-7/h3-6H,1-2H3. The summed E-state index contributed by atoms with van der Waals surface area (Å²) in [7, 11) is 0. The molecule has 0 aromatic heterocycles. The van der Waals surface area contributed by atoms with Gasteiger partial charge in [0, 0.05) is 0 Å². The van der Waals surface area contributed by atoms with Gasteiger partial charge in [-0.1, -0.05) is 0 Å². The van der Waals surface area contributed by atoms with E-state index in [1.807, 2.05) is 6.07 Å². The van der Waals surface area contributed by atoms with Gasteiger partial charge in [-0.05, 0) is 0 Å². The molecule has 2 radical (unpaired) electrons. The molecule has 0 N–H and O–H groups in total. The first-order valence-corrected chi connectivity index (χ1v) is 5.22. The van der Waals surface area contributed by atoms with Gasteiger partial charge in [0.15, 0.2) is 0 Å². The van der Waals surface area contributed by atoms with Gasteiger partial charge in [0.1, 0.15) is 0 Å². The van der Waals surface area contributed by atoms with Crippen LogP contribution in [0.2, 0.25) is 0 Å². The maximum atomic E-state index is 3.45. The van der Waals surface area contributed by atoms with Crippen LogP contribution >= 0.6 is 15.9 Å². The predicted molar refractivity (Wildman–Crippen MR) is 52.9 cm³/mol. The molecular formula is C9H10AsBr. The average Bonchev–Trinajstić information content (AvgIpc) is 1.86. The summed E-state index contributed by atoms with van der Waals surface area (Å²) in [6.45, 7) is 4.38. The van der Waals surface area contributed by atoms with Gasteiger partial charge in [-0.25, -0.2) is 0 Å². The zero-order chi connectivity index (χ0) is 8.48. The average molecular weight is 273 g/mol. The van der Waals surface area contributed by atoms with E-state index in [0.717, 1.165) is 4.47 Å². The molecule has 0 fully saturated rings. The second kappa shape index (κ2) is 3.33. The van der Waals surface area contributed by atoms with Crippen LogP contribution in [0.15, 0.2) is 28.7 Å². The third-order valence-electron chi connectivity index (χ3n) is 1.53. The van der Waals surface area contributed by atoms with Gasteiger partial charge in [0.05, 0.1) is 0 Å². The van der Waals surface area contributed by atoms with Crippen LogP contribution in [0.25, 0.3) is 0 Å². The van der Waals surface area contributed by atoms with E-state index in [1.165, 1.54) is 5.56 Å². The molecule has 0 bridgehead atoms. The summed E-state index contributed by atoms with van der Waals surface area (Å²) < 4.78 is 1.34. The van der Waals surface area contributed by atoms with Crippen LogP contribution in [0.4, 0.5) is 0 Å². The summed E-state index contributed by atoms with van der Waals surface area (Å²) in [5.41, 5.74) is 1.34. The van der Waals surface area contributed by atoms with E-state index in [-0.39, 0.29) is 4.20 Å². The van der Waals surface area contributed by atoms with Crippen molar-refractivity contribution in [1.29, 1.82) is 0 Å². The monoisotopic (exact) mass is 272 g/mol. The number of rotatable bonds is 1. The number of halogens is 1. The molecule has 0 aliphatic carbocycles. The molecule has 0 saturated heterocycles. The van der Waals surface area contributed by atoms with E-state index in [9.17, 15) is 0 Å². The van der Waals surface area contributed by atoms with Crippen LogP contribution in [0.5, 0.6) is 0 Å². The Kier molecular flexibility index (Phi) is 2.83. The summed E-state index contributed by atoms with van der Waals surface area (Å²) in [4.78, 5) is 0. The first-order chi connectivity index (χ1) is 5.00. The van der Waals surface area contributed by atoms with E-state index < -0.39 is 0 Å². The van der Waals surface area contributed by atoms with E-state index in [1.54, 1.807) is 0 Å². The summed E-state index contributed by atoms with van der Waals surface area (Å²) in [5, 5.41) is 0. The first kappa shape index (κ1) is 9.35. The zero-order valence-corrected chi connectivity index (χ0v) is 10.1. The fourth-order valence-electron chi connectivity index (χ4n) is 0.869. The molecule has 0 aliphatic rings. The van der Waals surface area contributed by atoms with Gasteiger partial charge < -0.3 is 0 Å². The molecular weight excluding hydrogens is 263 g/mol. The van der Waals surface area contributed by atoms with E-state index in [4.69, 9.17) is 0 Å². The van der Waals surface area contributed by atoms with Crippen molar-refractivity contribution in [3.63, 3.8) is 0 Å². The van der Waals surface area contributed by atoms with Crippen molar-refractivity contribution >= 4 is 32.8 Å². The molecule has 0 aliphatic heterocycles. The second-order valence-corrected chi connectivity index (χ2v) is 6.33. The summed E-state index contributed by atoms with van der Waals surface area (Å²) in [5.74, 6) is 0. The van der Waals surface area contributed by atoms with Crippen LogP contribution < -0.4 is 0 Å². The molecule has 1 aromatic rings. The van der Waals surface area contributed by atoms with Gasteiger partial charge in [-0.3, -0.25) is 0 Å². The molecule has 58 valence electrons. The normalized spacial score (nSPS) is 11.6. The van der Waals surface area contributed by atoms with E-state index in [2.05, 4.69) is 64.8 Å². The van der Waals surface area contributed by atoms with Gasteiger partial charge in [0.2, 0.25) is 0 Å². The van der Waals surface area contributed by atoms with Crippen LogP contribution in [0.3, 0.4) is 0 Å². The van der Waals surface area contributed by atoms with Crippen molar-refractivity contribution < 1.29 is 0 Å². The van der Waals surface area contributed by atoms with Crippen LogP contribution in [0, 0.1) is 0 Å².